The van der Waals surface area contributed by atoms with E-state index < -0.39 is 9.84 Å². The van der Waals surface area contributed by atoms with Gasteiger partial charge in [0.25, 0.3) is 0 Å². The van der Waals surface area contributed by atoms with Crippen LogP contribution in [0.1, 0.15) is 24.0 Å². The number of hydrogen-bond donors (Lipinski definition) is 1. The number of nitrogens with one attached hydrogen (secondary N) is 1. The predicted molar refractivity (Wildman–Crippen MR) is 109 cm³/mol. The molecule has 0 spiro atoms. The van der Waals surface area contributed by atoms with Crippen LogP contribution in [0.25, 0.3) is 0 Å². The Hall–Kier alpha value is -2.87. The lowest BCUT2D eigenvalue weighted by atomic mass is 10.00. The average Bonchev–Trinajstić information content (AvgIpc) is 3.15. The van der Waals surface area contributed by atoms with E-state index in [9.17, 15) is 18.0 Å². The summed E-state index contributed by atoms with van der Waals surface area (Å²) in [4.78, 5) is 26.2. The van der Waals surface area contributed by atoms with Crippen molar-refractivity contribution in [2.75, 3.05) is 29.6 Å². The molecule has 0 aromatic heterocycles. The zero-order valence-corrected chi connectivity index (χ0v) is 16.9. The molecule has 152 valence electrons. The minimum absolute atomic E-state index is 0.0982. The topological polar surface area (TPSA) is 92.8 Å². The predicted octanol–water partition coefficient (Wildman–Crippen LogP) is 2.33. The SMILES string of the molecule is COc1cccc(NC(=O)CCS(=O)(=O)c2cc3c4c(c2)CCN4C(=O)CC3)c1. The first-order valence-electron chi connectivity index (χ1n) is 9.50. The van der Waals surface area contributed by atoms with E-state index in [0.717, 1.165) is 16.8 Å². The molecule has 2 amide bonds. The third-order valence-corrected chi connectivity index (χ3v) is 7.03. The summed E-state index contributed by atoms with van der Waals surface area (Å²) >= 11 is 0. The number of methoxy groups -OCH3 is 1. The Labute approximate surface area is 169 Å². The van der Waals surface area contributed by atoms with E-state index in [2.05, 4.69) is 5.32 Å². The number of benzene rings is 2. The largest absolute Gasteiger partial charge is 0.497 e. The summed E-state index contributed by atoms with van der Waals surface area (Å²) in [6.07, 6.45) is 1.47. The van der Waals surface area contributed by atoms with E-state index in [0.29, 0.717) is 37.2 Å². The van der Waals surface area contributed by atoms with Crippen LogP contribution in [-0.2, 0) is 32.3 Å². The van der Waals surface area contributed by atoms with Gasteiger partial charge in [0, 0.05) is 31.1 Å². The highest BCUT2D eigenvalue weighted by Crippen LogP contribution is 2.38. The lowest BCUT2D eigenvalue weighted by Gasteiger charge is -2.25. The number of nitrogens with zero attached hydrogens (tertiary/aromatic N) is 1. The molecule has 0 radical (unpaired) electrons. The van der Waals surface area contributed by atoms with E-state index in [4.69, 9.17) is 4.74 Å². The van der Waals surface area contributed by atoms with Gasteiger partial charge in [-0.1, -0.05) is 6.07 Å². The number of sulfone groups is 1. The molecular weight excluding hydrogens is 392 g/mol. The van der Waals surface area contributed by atoms with Crippen LogP contribution >= 0.6 is 0 Å². The van der Waals surface area contributed by atoms with Crippen molar-refractivity contribution in [1.29, 1.82) is 0 Å². The quantitative estimate of drug-likeness (QED) is 0.783. The monoisotopic (exact) mass is 414 g/mol. The maximum Gasteiger partial charge on any atom is 0.227 e. The molecule has 8 heteroatoms. The van der Waals surface area contributed by atoms with Gasteiger partial charge in [-0.3, -0.25) is 9.59 Å². The van der Waals surface area contributed by atoms with Crippen LogP contribution < -0.4 is 15.0 Å². The summed E-state index contributed by atoms with van der Waals surface area (Å²) < 4.78 is 30.8. The normalized spacial score (nSPS) is 15.2. The fourth-order valence-corrected chi connectivity index (χ4v) is 5.21. The fourth-order valence-electron chi connectivity index (χ4n) is 3.87. The summed E-state index contributed by atoms with van der Waals surface area (Å²) in [6, 6.07) is 10.2. The van der Waals surface area contributed by atoms with Crippen LogP contribution in [0.3, 0.4) is 0 Å². The van der Waals surface area contributed by atoms with Crippen LogP contribution in [0, 0.1) is 0 Å². The molecule has 7 nitrogen and oxygen atoms in total. The highest BCUT2D eigenvalue weighted by molar-refractivity contribution is 7.91. The number of carbonyl (C=O) groups is 2. The molecule has 2 aliphatic rings. The maximum absolute atomic E-state index is 12.8. The number of hydrogen-bond acceptors (Lipinski definition) is 5. The van der Waals surface area contributed by atoms with Crippen molar-refractivity contribution >= 4 is 33.0 Å². The van der Waals surface area contributed by atoms with Crippen molar-refractivity contribution < 1.29 is 22.7 Å². The molecule has 0 bridgehead atoms. The molecule has 0 atom stereocenters. The van der Waals surface area contributed by atoms with Crippen molar-refractivity contribution in [3.63, 3.8) is 0 Å². The Morgan fingerprint density at radius 2 is 1.90 bits per heavy atom. The lowest BCUT2D eigenvalue weighted by molar-refractivity contribution is -0.119. The van der Waals surface area contributed by atoms with Crippen molar-refractivity contribution in [2.24, 2.45) is 0 Å². The minimum atomic E-state index is -3.61. The Kier molecular flexibility index (Phi) is 5.04. The van der Waals surface area contributed by atoms with Gasteiger partial charge in [0.05, 0.1) is 23.4 Å². The molecule has 1 N–H and O–H groups in total. The summed E-state index contributed by atoms with van der Waals surface area (Å²) in [5, 5.41) is 2.70. The molecule has 0 saturated carbocycles. The van der Waals surface area contributed by atoms with Gasteiger partial charge in [-0.05, 0) is 48.2 Å². The summed E-state index contributed by atoms with van der Waals surface area (Å²) in [7, 11) is -2.08. The Balaban J connectivity index is 1.47. The molecule has 2 aromatic carbocycles. The average molecular weight is 414 g/mol. The number of anilines is 2. The van der Waals surface area contributed by atoms with Gasteiger partial charge in [-0.15, -0.1) is 0 Å². The molecule has 0 saturated heterocycles. The third-order valence-electron chi connectivity index (χ3n) is 5.34. The fraction of sp³-hybridized carbons (Fsp3) is 0.333. The molecule has 2 heterocycles. The summed E-state index contributed by atoms with van der Waals surface area (Å²) in [5.41, 5.74) is 3.24. The molecule has 2 aliphatic heterocycles. The minimum Gasteiger partial charge on any atom is -0.497 e. The second-order valence-electron chi connectivity index (χ2n) is 7.23. The smallest absolute Gasteiger partial charge is 0.227 e. The van der Waals surface area contributed by atoms with Crippen molar-refractivity contribution in [3.05, 3.63) is 47.5 Å². The number of amides is 2. The zero-order valence-electron chi connectivity index (χ0n) is 16.1. The Bertz CT molecular complexity index is 1090. The van der Waals surface area contributed by atoms with E-state index in [1.165, 1.54) is 7.11 Å². The first-order chi connectivity index (χ1) is 13.9. The van der Waals surface area contributed by atoms with E-state index >= 15 is 0 Å². The molecule has 4 rings (SSSR count). The van der Waals surface area contributed by atoms with Crippen molar-refractivity contribution in [3.8, 4) is 5.75 Å². The van der Waals surface area contributed by atoms with E-state index in [-0.39, 0.29) is 28.9 Å². The number of ether oxygens (including phenoxy) is 1. The molecule has 0 aliphatic carbocycles. The van der Waals surface area contributed by atoms with Crippen molar-refractivity contribution in [2.45, 2.75) is 30.6 Å². The van der Waals surface area contributed by atoms with Crippen LogP contribution in [-0.4, -0.2) is 39.6 Å². The second-order valence-corrected chi connectivity index (χ2v) is 9.34. The number of aryl methyl sites for hydroxylation is 1. The standard InChI is InChI=1S/C21H22N2O5S/c1-28-17-4-2-3-16(13-17)22-19(24)8-10-29(26,27)18-11-14-5-6-20(25)23-9-7-15(12-18)21(14)23/h2-4,11-13H,5-10H2,1H3,(H,22,24). The summed E-state index contributed by atoms with van der Waals surface area (Å²) in [5.74, 6) is 0.0566. The van der Waals surface area contributed by atoms with Crippen LogP contribution in [0.4, 0.5) is 11.4 Å². The van der Waals surface area contributed by atoms with Crippen LogP contribution in [0.15, 0.2) is 41.3 Å². The molecule has 0 unspecified atom stereocenters. The Morgan fingerprint density at radius 3 is 2.66 bits per heavy atom. The first-order valence-corrected chi connectivity index (χ1v) is 11.2. The van der Waals surface area contributed by atoms with Crippen molar-refractivity contribution in [1.82, 2.24) is 0 Å². The van der Waals surface area contributed by atoms with Gasteiger partial charge >= 0.3 is 0 Å². The maximum atomic E-state index is 12.8. The first kappa shape index (κ1) is 19.4. The summed E-state index contributed by atoms with van der Waals surface area (Å²) in [6.45, 7) is 0.605. The van der Waals surface area contributed by atoms with Gasteiger partial charge in [0.2, 0.25) is 11.8 Å². The number of carbonyl (C=O) groups excluding carboxylic acids is 2. The third kappa shape index (κ3) is 3.85. The highest BCUT2D eigenvalue weighted by atomic mass is 32.2. The molecule has 29 heavy (non-hydrogen) atoms. The van der Waals surface area contributed by atoms with E-state index in [1.54, 1.807) is 41.3 Å². The van der Waals surface area contributed by atoms with Crippen LogP contribution in [0.2, 0.25) is 0 Å². The van der Waals surface area contributed by atoms with Gasteiger partial charge in [-0.25, -0.2) is 8.42 Å². The molecule has 0 fully saturated rings. The van der Waals surface area contributed by atoms with Gasteiger partial charge in [0.1, 0.15) is 5.75 Å². The lowest BCUT2D eigenvalue weighted by Crippen LogP contribution is -2.32. The molecule has 2 aromatic rings. The van der Waals surface area contributed by atoms with Crippen LogP contribution in [0.5, 0.6) is 5.75 Å². The van der Waals surface area contributed by atoms with Gasteiger partial charge in [-0.2, -0.15) is 0 Å². The Morgan fingerprint density at radius 1 is 1.14 bits per heavy atom. The van der Waals surface area contributed by atoms with E-state index in [1.807, 2.05) is 0 Å². The van der Waals surface area contributed by atoms with Gasteiger partial charge in [0.15, 0.2) is 9.84 Å². The zero-order chi connectivity index (χ0) is 20.6. The van der Waals surface area contributed by atoms with Gasteiger partial charge < -0.3 is 15.0 Å². The second kappa shape index (κ2) is 7.51. The molecular formula is C21H22N2O5S. The highest BCUT2D eigenvalue weighted by Gasteiger charge is 2.32. The number of rotatable bonds is 6.